The van der Waals surface area contributed by atoms with Gasteiger partial charge in [0.15, 0.2) is 0 Å². The Morgan fingerprint density at radius 1 is 1.40 bits per heavy atom. The lowest BCUT2D eigenvalue weighted by molar-refractivity contribution is -0.116. The lowest BCUT2D eigenvalue weighted by Crippen LogP contribution is -2.22. The van der Waals surface area contributed by atoms with Crippen molar-refractivity contribution in [3.8, 4) is 5.75 Å². The van der Waals surface area contributed by atoms with Crippen LogP contribution in [0.25, 0.3) is 6.08 Å². The Bertz CT molecular complexity index is 577. The number of nitrogens with one attached hydrogen (secondary N) is 1. The number of carbonyl (C=O) groups excluding carboxylic acids is 1. The Hall–Kier alpha value is -2.56. The van der Waals surface area contributed by atoms with E-state index in [2.05, 4.69) is 10.3 Å². The first kappa shape index (κ1) is 13.9. The standard InChI is InChI=1S/C15H17N3O2/c19-14-5-2-1-4-13(14)6-7-15(20)17-8-3-10-18-11-9-16-12-18/h1-2,4-7,9,11-12,19H,3,8,10H2,(H,17,20)/b7-6+. The molecule has 0 radical (unpaired) electrons. The monoisotopic (exact) mass is 271 g/mol. The zero-order valence-electron chi connectivity index (χ0n) is 11.1. The third-order valence-electron chi connectivity index (χ3n) is 2.80. The van der Waals surface area contributed by atoms with E-state index in [0.717, 1.165) is 13.0 Å². The average molecular weight is 271 g/mol. The fourth-order valence-electron chi connectivity index (χ4n) is 1.75. The molecule has 1 heterocycles. The quantitative estimate of drug-likeness (QED) is 0.622. The minimum atomic E-state index is -0.168. The molecule has 0 atom stereocenters. The third-order valence-corrected chi connectivity index (χ3v) is 2.80. The fourth-order valence-corrected chi connectivity index (χ4v) is 1.75. The van der Waals surface area contributed by atoms with Gasteiger partial charge in [-0.25, -0.2) is 4.98 Å². The van der Waals surface area contributed by atoms with Gasteiger partial charge >= 0.3 is 0 Å². The highest BCUT2D eigenvalue weighted by Gasteiger charge is 1.98. The van der Waals surface area contributed by atoms with Gasteiger partial charge in [-0.3, -0.25) is 4.79 Å². The summed E-state index contributed by atoms with van der Waals surface area (Å²) in [7, 11) is 0. The first-order chi connectivity index (χ1) is 9.75. The maximum Gasteiger partial charge on any atom is 0.244 e. The smallest absolute Gasteiger partial charge is 0.244 e. The number of para-hydroxylation sites is 1. The maximum absolute atomic E-state index is 11.6. The third kappa shape index (κ3) is 4.28. The summed E-state index contributed by atoms with van der Waals surface area (Å²) in [5.41, 5.74) is 0.626. The molecule has 104 valence electrons. The molecule has 0 saturated carbocycles. The van der Waals surface area contributed by atoms with Crippen molar-refractivity contribution in [2.75, 3.05) is 6.54 Å². The van der Waals surface area contributed by atoms with Gasteiger partial charge in [-0.15, -0.1) is 0 Å². The molecular formula is C15H17N3O2. The van der Waals surface area contributed by atoms with Gasteiger partial charge < -0.3 is 15.0 Å². The van der Waals surface area contributed by atoms with Crippen molar-refractivity contribution in [2.45, 2.75) is 13.0 Å². The second-order valence-corrected chi connectivity index (χ2v) is 4.34. The van der Waals surface area contributed by atoms with E-state index in [9.17, 15) is 9.90 Å². The Kier molecular flexibility index (Phi) is 4.94. The van der Waals surface area contributed by atoms with E-state index in [0.29, 0.717) is 12.1 Å². The van der Waals surface area contributed by atoms with Crippen molar-refractivity contribution in [3.63, 3.8) is 0 Å². The Morgan fingerprint density at radius 3 is 3.00 bits per heavy atom. The van der Waals surface area contributed by atoms with Crippen molar-refractivity contribution < 1.29 is 9.90 Å². The second kappa shape index (κ2) is 7.13. The number of nitrogens with zero attached hydrogens (tertiary/aromatic N) is 2. The van der Waals surface area contributed by atoms with Crippen molar-refractivity contribution >= 4 is 12.0 Å². The highest BCUT2D eigenvalue weighted by Crippen LogP contribution is 2.16. The number of amides is 1. The van der Waals surface area contributed by atoms with Gasteiger partial charge in [-0.05, 0) is 18.6 Å². The van der Waals surface area contributed by atoms with Crippen LogP contribution in [0.5, 0.6) is 5.75 Å². The molecule has 20 heavy (non-hydrogen) atoms. The molecule has 2 aromatic rings. The summed E-state index contributed by atoms with van der Waals surface area (Å²) in [6.07, 6.45) is 9.23. The van der Waals surface area contributed by atoms with Gasteiger partial charge in [0.25, 0.3) is 0 Å². The summed E-state index contributed by atoms with van der Waals surface area (Å²) in [5.74, 6) is -0.00413. The van der Waals surface area contributed by atoms with Crippen LogP contribution >= 0.6 is 0 Å². The van der Waals surface area contributed by atoms with Crippen molar-refractivity contribution in [2.24, 2.45) is 0 Å². The Morgan fingerprint density at radius 2 is 2.25 bits per heavy atom. The molecule has 5 heteroatoms. The van der Waals surface area contributed by atoms with Crippen LogP contribution in [0.3, 0.4) is 0 Å². The predicted molar refractivity (Wildman–Crippen MR) is 77.0 cm³/mol. The SMILES string of the molecule is O=C(/C=C/c1ccccc1O)NCCCn1ccnc1. The van der Waals surface area contributed by atoms with Gasteiger partial charge in [0.2, 0.25) is 5.91 Å². The molecule has 1 aromatic carbocycles. The molecule has 0 spiro atoms. The van der Waals surface area contributed by atoms with Crippen molar-refractivity contribution in [1.29, 1.82) is 0 Å². The number of carbonyl (C=O) groups is 1. The Balaban J connectivity index is 1.71. The topological polar surface area (TPSA) is 67.2 Å². The van der Waals surface area contributed by atoms with Gasteiger partial charge in [-0.2, -0.15) is 0 Å². The van der Waals surface area contributed by atoms with E-state index >= 15 is 0 Å². The zero-order chi connectivity index (χ0) is 14.2. The number of rotatable bonds is 6. The van der Waals surface area contributed by atoms with E-state index in [1.165, 1.54) is 6.08 Å². The second-order valence-electron chi connectivity index (χ2n) is 4.34. The summed E-state index contributed by atoms with van der Waals surface area (Å²) >= 11 is 0. The lowest BCUT2D eigenvalue weighted by atomic mass is 10.2. The van der Waals surface area contributed by atoms with Crippen LogP contribution in [0, 0.1) is 0 Å². The molecule has 0 fully saturated rings. The number of hydrogen-bond acceptors (Lipinski definition) is 3. The maximum atomic E-state index is 11.6. The number of benzene rings is 1. The van der Waals surface area contributed by atoms with Gasteiger partial charge in [0, 0.05) is 37.1 Å². The van der Waals surface area contributed by atoms with Crippen LogP contribution < -0.4 is 5.32 Å². The number of aromatic nitrogens is 2. The van der Waals surface area contributed by atoms with Gasteiger partial charge in [-0.1, -0.05) is 18.2 Å². The van der Waals surface area contributed by atoms with Crippen molar-refractivity contribution in [1.82, 2.24) is 14.9 Å². The van der Waals surface area contributed by atoms with E-state index in [4.69, 9.17) is 0 Å². The fraction of sp³-hybridized carbons (Fsp3) is 0.200. The van der Waals surface area contributed by atoms with Crippen LogP contribution in [0.15, 0.2) is 49.1 Å². The number of hydrogen-bond donors (Lipinski definition) is 2. The van der Waals surface area contributed by atoms with E-state index < -0.39 is 0 Å². The summed E-state index contributed by atoms with van der Waals surface area (Å²) in [6, 6.07) is 6.88. The molecule has 0 aliphatic heterocycles. The minimum Gasteiger partial charge on any atom is -0.507 e. The summed E-state index contributed by atoms with van der Waals surface area (Å²) in [6.45, 7) is 1.42. The molecule has 5 nitrogen and oxygen atoms in total. The minimum absolute atomic E-state index is 0.164. The first-order valence-electron chi connectivity index (χ1n) is 6.45. The van der Waals surface area contributed by atoms with Crippen LogP contribution in [-0.2, 0) is 11.3 Å². The number of aromatic hydroxyl groups is 1. The first-order valence-corrected chi connectivity index (χ1v) is 6.45. The normalized spacial score (nSPS) is 10.8. The van der Waals surface area contributed by atoms with E-state index in [1.807, 2.05) is 16.8 Å². The molecule has 0 unspecified atom stereocenters. The highest BCUT2D eigenvalue weighted by atomic mass is 16.3. The zero-order valence-corrected chi connectivity index (χ0v) is 11.1. The molecule has 1 aromatic heterocycles. The van der Waals surface area contributed by atoms with E-state index in [-0.39, 0.29) is 11.7 Å². The number of imidazole rings is 1. The Labute approximate surface area is 117 Å². The highest BCUT2D eigenvalue weighted by molar-refractivity contribution is 5.92. The van der Waals surface area contributed by atoms with Crippen LogP contribution in [0.2, 0.25) is 0 Å². The average Bonchev–Trinajstić information content (AvgIpc) is 2.96. The lowest BCUT2D eigenvalue weighted by Gasteiger charge is -2.03. The van der Waals surface area contributed by atoms with Crippen molar-refractivity contribution in [3.05, 3.63) is 54.6 Å². The van der Waals surface area contributed by atoms with Gasteiger partial charge in [0.05, 0.1) is 6.33 Å². The largest absolute Gasteiger partial charge is 0.507 e. The molecule has 1 amide bonds. The van der Waals surface area contributed by atoms with E-state index in [1.54, 1.807) is 36.8 Å². The summed E-state index contributed by atoms with van der Waals surface area (Å²) in [5, 5.41) is 12.3. The predicted octanol–water partition coefficient (Wildman–Crippen LogP) is 1.81. The van der Waals surface area contributed by atoms with Crippen LogP contribution in [0.1, 0.15) is 12.0 Å². The molecule has 0 aliphatic rings. The number of phenolic OH excluding ortho intramolecular Hbond substituents is 1. The van der Waals surface area contributed by atoms with Crippen LogP contribution in [0.4, 0.5) is 0 Å². The molecule has 0 bridgehead atoms. The summed E-state index contributed by atoms with van der Waals surface area (Å²) < 4.78 is 1.96. The molecule has 0 aliphatic carbocycles. The number of aryl methyl sites for hydroxylation is 1. The molecule has 0 saturated heterocycles. The number of phenols is 1. The summed E-state index contributed by atoms with van der Waals surface area (Å²) in [4.78, 5) is 15.5. The molecular weight excluding hydrogens is 254 g/mol. The van der Waals surface area contributed by atoms with Crippen LogP contribution in [-0.4, -0.2) is 27.1 Å². The molecule has 2 N–H and O–H groups in total. The van der Waals surface area contributed by atoms with Gasteiger partial charge in [0.1, 0.15) is 5.75 Å². The molecule has 2 rings (SSSR count).